The Kier molecular flexibility index (Phi) is 5.50. The first-order valence-corrected chi connectivity index (χ1v) is 7.71. The second-order valence-electron chi connectivity index (χ2n) is 4.55. The number of hydrogen-bond acceptors (Lipinski definition) is 3. The van der Waals surface area contributed by atoms with Crippen molar-refractivity contribution in [3.63, 3.8) is 0 Å². The van der Waals surface area contributed by atoms with Crippen molar-refractivity contribution in [2.45, 2.75) is 12.8 Å². The summed E-state index contributed by atoms with van der Waals surface area (Å²) in [5.41, 5.74) is 1.12. The van der Waals surface area contributed by atoms with Crippen LogP contribution in [0.4, 0.5) is 0 Å². The summed E-state index contributed by atoms with van der Waals surface area (Å²) >= 11 is 0. The number of hydrogen-bond donors (Lipinski definition) is 1. The van der Waals surface area contributed by atoms with Crippen molar-refractivity contribution in [3.05, 3.63) is 35.9 Å². The van der Waals surface area contributed by atoms with Gasteiger partial charge in [0.2, 0.25) is 15.9 Å². The van der Waals surface area contributed by atoms with E-state index < -0.39 is 21.7 Å². The lowest BCUT2D eigenvalue weighted by Crippen LogP contribution is -2.37. The molecule has 1 rings (SSSR count). The molecule has 19 heavy (non-hydrogen) atoms. The Morgan fingerprint density at radius 3 is 2.42 bits per heavy atom. The van der Waals surface area contributed by atoms with Crippen molar-refractivity contribution in [1.29, 1.82) is 0 Å². The zero-order chi connectivity index (χ0) is 14.5. The van der Waals surface area contributed by atoms with E-state index in [1.807, 2.05) is 37.3 Å². The molecule has 1 aromatic carbocycles. The fourth-order valence-electron chi connectivity index (χ4n) is 1.74. The van der Waals surface area contributed by atoms with Crippen LogP contribution in [0.2, 0.25) is 0 Å². The summed E-state index contributed by atoms with van der Waals surface area (Å²) in [5, 5.41) is 0. The van der Waals surface area contributed by atoms with Crippen LogP contribution in [-0.4, -0.2) is 45.6 Å². The molecule has 0 aliphatic carbocycles. The van der Waals surface area contributed by atoms with Crippen LogP contribution in [-0.2, 0) is 14.8 Å². The average molecular weight is 284 g/mol. The molecule has 0 aromatic heterocycles. The normalized spacial score (nSPS) is 13.0. The Labute approximate surface area is 114 Å². The fourth-order valence-corrected chi connectivity index (χ4v) is 2.43. The van der Waals surface area contributed by atoms with E-state index >= 15 is 0 Å². The zero-order valence-corrected chi connectivity index (χ0v) is 12.3. The fraction of sp³-hybridized carbons (Fsp3) is 0.462. The van der Waals surface area contributed by atoms with Gasteiger partial charge in [-0.25, -0.2) is 13.1 Å². The smallest absolute Gasteiger partial charge is 0.238 e. The van der Waals surface area contributed by atoms with E-state index in [1.54, 1.807) is 7.05 Å². The molecule has 0 saturated heterocycles. The van der Waals surface area contributed by atoms with Gasteiger partial charge in [-0.2, -0.15) is 0 Å². The Morgan fingerprint density at radius 2 is 1.89 bits per heavy atom. The molecule has 0 saturated carbocycles. The third kappa shape index (κ3) is 5.00. The predicted molar refractivity (Wildman–Crippen MR) is 75.3 cm³/mol. The van der Waals surface area contributed by atoms with E-state index in [1.165, 1.54) is 11.9 Å². The van der Waals surface area contributed by atoms with Crippen molar-refractivity contribution in [2.75, 3.05) is 26.4 Å². The molecule has 0 bridgehead atoms. The molecule has 0 fully saturated rings. The summed E-state index contributed by atoms with van der Waals surface area (Å²) in [5.74, 6) is -0.758. The maximum Gasteiger partial charge on any atom is 0.238 e. The van der Waals surface area contributed by atoms with Gasteiger partial charge >= 0.3 is 0 Å². The highest BCUT2D eigenvalue weighted by atomic mass is 32.2. The Morgan fingerprint density at radius 1 is 1.32 bits per heavy atom. The van der Waals surface area contributed by atoms with Gasteiger partial charge in [0.05, 0.1) is 0 Å². The Hall–Kier alpha value is -1.40. The van der Waals surface area contributed by atoms with Crippen LogP contribution in [0.3, 0.4) is 0 Å². The van der Waals surface area contributed by atoms with E-state index in [-0.39, 0.29) is 5.92 Å². The topological polar surface area (TPSA) is 66.5 Å². The van der Waals surface area contributed by atoms with Gasteiger partial charge in [-0.15, -0.1) is 0 Å². The molecule has 0 heterocycles. The molecule has 1 N–H and O–H groups in total. The molecule has 106 valence electrons. The second kappa shape index (κ2) is 6.68. The highest BCUT2D eigenvalue weighted by Crippen LogP contribution is 2.15. The molecule has 1 amide bonds. The minimum Gasteiger partial charge on any atom is -0.344 e. The lowest BCUT2D eigenvalue weighted by Gasteiger charge is -2.21. The zero-order valence-electron chi connectivity index (χ0n) is 11.5. The SMILES string of the molecule is CNS(=O)(=O)CC(=O)N(C)C[C@@H](C)c1ccccc1. The number of nitrogens with one attached hydrogen (secondary N) is 1. The number of carbonyl (C=O) groups excluding carboxylic acids is 1. The lowest BCUT2D eigenvalue weighted by atomic mass is 10.0. The minimum atomic E-state index is -3.51. The van der Waals surface area contributed by atoms with Gasteiger partial charge in [-0.1, -0.05) is 37.3 Å². The Balaban J connectivity index is 2.60. The molecular weight excluding hydrogens is 264 g/mol. The van der Waals surface area contributed by atoms with Crippen molar-refractivity contribution < 1.29 is 13.2 Å². The van der Waals surface area contributed by atoms with Crippen molar-refractivity contribution in [2.24, 2.45) is 0 Å². The van der Waals surface area contributed by atoms with E-state index in [0.29, 0.717) is 6.54 Å². The number of nitrogens with zero attached hydrogens (tertiary/aromatic N) is 1. The molecule has 0 radical (unpaired) electrons. The van der Waals surface area contributed by atoms with Crippen LogP contribution in [0, 0.1) is 0 Å². The highest BCUT2D eigenvalue weighted by molar-refractivity contribution is 7.90. The van der Waals surface area contributed by atoms with Crippen LogP contribution < -0.4 is 4.72 Å². The molecular formula is C13H20N2O3S. The summed E-state index contributed by atoms with van der Waals surface area (Å²) in [7, 11) is -0.587. The van der Waals surface area contributed by atoms with Gasteiger partial charge in [0, 0.05) is 13.6 Å². The first-order chi connectivity index (χ1) is 8.85. The molecule has 0 unspecified atom stereocenters. The van der Waals surface area contributed by atoms with Crippen LogP contribution >= 0.6 is 0 Å². The maximum atomic E-state index is 11.8. The summed E-state index contributed by atoms with van der Waals surface area (Å²) in [6.45, 7) is 2.49. The van der Waals surface area contributed by atoms with Gasteiger partial charge in [-0.05, 0) is 18.5 Å². The van der Waals surface area contributed by atoms with Gasteiger partial charge in [0.1, 0.15) is 5.75 Å². The first kappa shape index (κ1) is 15.7. The van der Waals surface area contributed by atoms with E-state index in [2.05, 4.69) is 4.72 Å². The molecule has 0 aliphatic rings. The van der Waals surface area contributed by atoms with Crippen LogP contribution in [0.25, 0.3) is 0 Å². The number of likely N-dealkylation sites (N-methyl/N-ethyl adjacent to an activating group) is 1. The summed E-state index contributed by atoms with van der Waals surface area (Å²) in [6, 6.07) is 9.81. The number of sulfonamides is 1. The number of rotatable bonds is 6. The summed E-state index contributed by atoms with van der Waals surface area (Å²) < 4.78 is 24.8. The number of carbonyl (C=O) groups is 1. The largest absolute Gasteiger partial charge is 0.344 e. The monoisotopic (exact) mass is 284 g/mol. The number of benzene rings is 1. The van der Waals surface area contributed by atoms with Crippen molar-refractivity contribution in [1.82, 2.24) is 9.62 Å². The second-order valence-corrected chi connectivity index (χ2v) is 6.48. The molecule has 0 aliphatic heterocycles. The molecule has 5 nitrogen and oxygen atoms in total. The van der Waals surface area contributed by atoms with Gasteiger partial charge in [-0.3, -0.25) is 4.79 Å². The highest BCUT2D eigenvalue weighted by Gasteiger charge is 2.19. The van der Waals surface area contributed by atoms with Gasteiger partial charge < -0.3 is 4.90 Å². The maximum absolute atomic E-state index is 11.8. The summed E-state index contributed by atoms with van der Waals surface area (Å²) in [4.78, 5) is 13.2. The van der Waals surface area contributed by atoms with Crippen LogP contribution in [0.1, 0.15) is 18.4 Å². The average Bonchev–Trinajstić information content (AvgIpc) is 2.39. The van der Waals surface area contributed by atoms with Crippen LogP contribution in [0.15, 0.2) is 30.3 Å². The Bertz CT molecular complexity index is 514. The molecule has 1 atom stereocenters. The quantitative estimate of drug-likeness (QED) is 0.840. The standard InChI is InChI=1S/C13H20N2O3S/c1-11(12-7-5-4-6-8-12)9-15(3)13(16)10-19(17,18)14-2/h4-8,11,14H,9-10H2,1-3H3/t11-/m1/s1. The first-order valence-electron chi connectivity index (χ1n) is 6.06. The number of amides is 1. The van der Waals surface area contributed by atoms with Crippen molar-refractivity contribution in [3.8, 4) is 0 Å². The van der Waals surface area contributed by atoms with Crippen LogP contribution in [0.5, 0.6) is 0 Å². The third-order valence-electron chi connectivity index (χ3n) is 2.97. The summed E-state index contributed by atoms with van der Waals surface area (Å²) in [6.07, 6.45) is 0. The third-order valence-corrected chi connectivity index (χ3v) is 4.22. The van der Waals surface area contributed by atoms with E-state index in [0.717, 1.165) is 5.56 Å². The predicted octanol–water partition coefficient (Wildman–Crippen LogP) is 0.798. The van der Waals surface area contributed by atoms with E-state index in [9.17, 15) is 13.2 Å². The minimum absolute atomic E-state index is 0.160. The van der Waals surface area contributed by atoms with Gasteiger partial charge in [0.25, 0.3) is 0 Å². The van der Waals surface area contributed by atoms with Gasteiger partial charge in [0.15, 0.2) is 0 Å². The van der Waals surface area contributed by atoms with Crippen molar-refractivity contribution >= 4 is 15.9 Å². The molecule has 1 aromatic rings. The van der Waals surface area contributed by atoms with E-state index in [4.69, 9.17) is 0 Å². The molecule has 0 spiro atoms. The molecule has 6 heteroatoms. The lowest BCUT2D eigenvalue weighted by molar-refractivity contribution is -0.127.